The third-order valence-corrected chi connectivity index (χ3v) is 6.86. The molecule has 7 nitrogen and oxygen atoms in total. The van der Waals surface area contributed by atoms with E-state index in [1.807, 2.05) is 26.1 Å². The smallest absolute Gasteiger partial charge is 0.205 e. The minimum absolute atomic E-state index is 0.152. The Morgan fingerprint density at radius 3 is 2.61 bits per heavy atom. The highest BCUT2D eigenvalue weighted by Crippen LogP contribution is 2.40. The summed E-state index contributed by atoms with van der Waals surface area (Å²) in [6.45, 7) is 6.29. The number of likely N-dealkylation sites (N-methyl/N-ethyl adjacent to an activating group) is 1. The van der Waals surface area contributed by atoms with Gasteiger partial charge in [-0.2, -0.15) is 4.99 Å². The number of aliphatic hydroxyl groups is 1. The van der Waals surface area contributed by atoms with Gasteiger partial charge in [-0.15, -0.1) is 0 Å². The standard InChI is InChI=1S/C18H26Cl2N6OS/c1-11(21)10-25-6-8-26(9-7-25)18-23-16(22)15(17(27)24(18)2)28-13-5-3-4-12(19)14(13)20/h3-5,11,17,27H,6-10,21-22H2,1-2H3. The molecule has 0 aliphatic carbocycles. The van der Waals surface area contributed by atoms with Gasteiger partial charge in [-0.3, -0.25) is 4.90 Å². The number of guanidine groups is 1. The van der Waals surface area contributed by atoms with Crippen molar-refractivity contribution in [3.05, 3.63) is 39.0 Å². The van der Waals surface area contributed by atoms with Crippen LogP contribution >= 0.6 is 35.0 Å². The number of hydrogen-bond donors (Lipinski definition) is 3. The van der Waals surface area contributed by atoms with E-state index in [0.29, 0.717) is 26.7 Å². The first kappa shape index (κ1) is 21.5. The van der Waals surface area contributed by atoms with Crippen LogP contribution in [0.4, 0.5) is 0 Å². The molecule has 10 heteroatoms. The Morgan fingerprint density at radius 2 is 1.96 bits per heavy atom. The summed E-state index contributed by atoms with van der Waals surface area (Å²) in [5.74, 6) is 0.964. The summed E-state index contributed by atoms with van der Waals surface area (Å²) < 4.78 is 0. The number of hydrogen-bond acceptors (Lipinski definition) is 8. The molecular weight excluding hydrogens is 419 g/mol. The van der Waals surface area contributed by atoms with Gasteiger partial charge in [0.15, 0.2) is 6.23 Å². The van der Waals surface area contributed by atoms with Crippen LogP contribution in [-0.4, -0.2) is 77.8 Å². The zero-order valence-electron chi connectivity index (χ0n) is 16.0. The lowest BCUT2D eigenvalue weighted by Crippen LogP contribution is -2.57. The SMILES string of the molecule is CC(N)CN1CCN(C2=NC(N)=C(Sc3cccc(Cl)c3Cl)C(O)N2C)CC1. The van der Waals surface area contributed by atoms with Crippen LogP contribution in [0.2, 0.25) is 10.0 Å². The second-order valence-corrected chi connectivity index (χ2v) is 8.93. The third kappa shape index (κ3) is 4.69. The molecule has 2 unspecified atom stereocenters. The van der Waals surface area contributed by atoms with E-state index in [1.165, 1.54) is 11.8 Å². The monoisotopic (exact) mass is 444 g/mol. The highest BCUT2D eigenvalue weighted by atomic mass is 35.5. The van der Waals surface area contributed by atoms with Crippen molar-refractivity contribution in [2.24, 2.45) is 16.5 Å². The van der Waals surface area contributed by atoms with Gasteiger partial charge >= 0.3 is 0 Å². The average molecular weight is 445 g/mol. The van der Waals surface area contributed by atoms with Crippen LogP contribution in [0, 0.1) is 0 Å². The van der Waals surface area contributed by atoms with Crippen LogP contribution in [0.3, 0.4) is 0 Å². The van der Waals surface area contributed by atoms with E-state index in [-0.39, 0.29) is 6.04 Å². The number of benzene rings is 1. The van der Waals surface area contributed by atoms with Crippen LogP contribution < -0.4 is 11.5 Å². The summed E-state index contributed by atoms with van der Waals surface area (Å²) in [4.78, 5) is 12.0. The summed E-state index contributed by atoms with van der Waals surface area (Å²) in [6.07, 6.45) is -0.908. The topological polar surface area (TPSA) is 94.3 Å². The van der Waals surface area contributed by atoms with Gasteiger partial charge in [0.1, 0.15) is 5.82 Å². The molecule has 1 fully saturated rings. The normalized spacial score (nSPS) is 22.5. The number of piperazine rings is 1. The second-order valence-electron chi connectivity index (χ2n) is 7.06. The molecule has 28 heavy (non-hydrogen) atoms. The molecular formula is C18H26Cl2N6OS. The van der Waals surface area contributed by atoms with Crippen molar-refractivity contribution in [3.63, 3.8) is 0 Å². The molecule has 0 radical (unpaired) electrons. The molecule has 0 amide bonds. The van der Waals surface area contributed by atoms with E-state index in [2.05, 4.69) is 14.8 Å². The lowest BCUT2D eigenvalue weighted by molar-refractivity contribution is 0.0863. The molecule has 2 aliphatic rings. The predicted molar refractivity (Wildman–Crippen MR) is 116 cm³/mol. The van der Waals surface area contributed by atoms with Crippen molar-refractivity contribution in [1.29, 1.82) is 0 Å². The van der Waals surface area contributed by atoms with E-state index in [0.717, 1.165) is 37.6 Å². The molecule has 0 saturated carbocycles. The van der Waals surface area contributed by atoms with E-state index >= 15 is 0 Å². The quantitative estimate of drug-likeness (QED) is 0.651. The van der Waals surface area contributed by atoms with Crippen molar-refractivity contribution in [1.82, 2.24) is 14.7 Å². The Bertz CT molecular complexity index is 779. The fourth-order valence-electron chi connectivity index (χ4n) is 3.28. The molecule has 154 valence electrons. The van der Waals surface area contributed by atoms with E-state index in [9.17, 15) is 5.11 Å². The van der Waals surface area contributed by atoms with E-state index in [1.54, 1.807) is 11.0 Å². The fraction of sp³-hybridized carbons (Fsp3) is 0.500. The maximum atomic E-state index is 10.9. The van der Waals surface area contributed by atoms with Gasteiger partial charge < -0.3 is 26.4 Å². The maximum Gasteiger partial charge on any atom is 0.205 e. The lowest BCUT2D eigenvalue weighted by atomic mass is 10.2. The molecule has 0 aromatic heterocycles. The Labute approximate surface area is 179 Å². The zero-order chi connectivity index (χ0) is 20.4. The van der Waals surface area contributed by atoms with Crippen LogP contribution in [-0.2, 0) is 0 Å². The van der Waals surface area contributed by atoms with Crippen molar-refractivity contribution in [2.75, 3.05) is 39.8 Å². The molecule has 2 heterocycles. The Hall–Kier alpha value is -1.16. The summed E-state index contributed by atoms with van der Waals surface area (Å²) in [5.41, 5.74) is 12.1. The summed E-state index contributed by atoms with van der Waals surface area (Å²) in [5, 5.41) is 11.7. The minimum atomic E-state index is -0.908. The van der Waals surface area contributed by atoms with Crippen LogP contribution in [0.1, 0.15) is 6.92 Å². The van der Waals surface area contributed by atoms with Gasteiger partial charge in [0, 0.05) is 50.7 Å². The molecule has 1 saturated heterocycles. The number of nitrogens with zero attached hydrogens (tertiary/aromatic N) is 4. The molecule has 1 aromatic carbocycles. The Morgan fingerprint density at radius 1 is 1.29 bits per heavy atom. The third-order valence-electron chi connectivity index (χ3n) is 4.73. The number of aliphatic hydroxyl groups excluding tert-OH is 1. The van der Waals surface area contributed by atoms with E-state index < -0.39 is 6.23 Å². The highest BCUT2D eigenvalue weighted by molar-refractivity contribution is 8.03. The molecule has 0 spiro atoms. The molecule has 0 bridgehead atoms. The molecule has 1 aromatic rings. The first-order valence-corrected chi connectivity index (χ1v) is 10.7. The Balaban J connectivity index is 1.77. The van der Waals surface area contributed by atoms with Crippen molar-refractivity contribution >= 4 is 40.9 Å². The van der Waals surface area contributed by atoms with Crippen LogP contribution in [0.25, 0.3) is 0 Å². The van der Waals surface area contributed by atoms with Gasteiger partial charge in [0.05, 0.1) is 15.0 Å². The largest absolute Gasteiger partial charge is 0.383 e. The molecule has 2 atom stereocenters. The number of halogens is 2. The average Bonchev–Trinajstić information content (AvgIpc) is 2.65. The predicted octanol–water partition coefficient (Wildman–Crippen LogP) is 1.80. The number of nitrogens with two attached hydrogens (primary N) is 2. The van der Waals surface area contributed by atoms with Crippen LogP contribution in [0.15, 0.2) is 38.8 Å². The molecule has 2 aliphatic heterocycles. The minimum Gasteiger partial charge on any atom is -0.383 e. The fourth-order valence-corrected chi connectivity index (χ4v) is 4.75. The lowest BCUT2D eigenvalue weighted by Gasteiger charge is -2.42. The van der Waals surface area contributed by atoms with Gasteiger partial charge in [0.25, 0.3) is 0 Å². The molecule has 5 N–H and O–H groups in total. The van der Waals surface area contributed by atoms with Crippen molar-refractivity contribution in [2.45, 2.75) is 24.1 Å². The van der Waals surface area contributed by atoms with Gasteiger partial charge in [-0.1, -0.05) is 41.0 Å². The second kappa shape index (κ2) is 9.11. The number of rotatable bonds is 4. The first-order valence-electron chi connectivity index (χ1n) is 9.12. The maximum absolute atomic E-state index is 10.9. The van der Waals surface area contributed by atoms with Gasteiger partial charge in [-0.05, 0) is 19.1 Å². The summed E-state index contributed by atoms with van der Waals surface area (Å²) >= 11 is 13.6. The van der Waals surface area contributed by atoms with Crippen LogP contribution in [0.5, 0.6) is 0 Å². The first-order chi connectivity index (χ1) is 13.3. The zero-order valence-corrected chi connectivity index (χ0v) is 18.3. The van der Waals surface area contributed by atoms with Crippen molar-refractivity contribution < 1.29 is 5.11 Å². The van der Waals surface area contributed by atoms with Gasteiger partial charge in [0.2, 0.25) is 5.96 Å². The number of thioether (sulfide) groups is 1. The Kier molecular flexibility index (Phi) is 7.01. The molecule has 3 rings (SSSR count). The van der Waals surface area contributed by atoms with Crippen molar-refractivity contribution in [3.8, 4) is 0 Å². The summed E-state index contributed by atoms with van der Waals surface area (Å²) in [6, 6.07) is 5.52. The van der Waals surface area contributed by atoms with E-state index in [4.69, 9.17) is 34.7 Å². The number of aliphatic imine (C=N–C) groups is 1. The highest BCUT2D eigenvalue weighted by Gasteiger charge is 2.32. The summed E-state index contributed by atoms with van der Waals surface area (Å²) in [7, 11) is 1.81. The van der Waals surface area contributed by atoms with Gasteiger partial charge in [-0.25, -0.2) is 0 Å².